The molecule has 14 nitrogen and oxygen atoms in total. The summed E-state index contributed by atoms with van der Waals surface area (Å²) in [6.45, 7) is 35.1. The van der Waals surface area contributed by atoms with E-state index in [9.17, 15) is 21.0 Å². The van der Waals surface area contributed by atoms with E-state index < -0.39 is 0 Å². The molecule has 0 aliphatic rings. The first-order valence-electron chi connectivity index (χ1n) is 22.8. The highest BCUT2D eigenvalue weighted by Crippen LogP contribution is 2.40. The van der Waals surface area contributed by atoms with Gasteiger partial charge in [-0.2, -0.15) is 21.0 Å². The van der Waals surface area contributed by atoms with Crippen LogP contribution in [0.15, 0.2) is 121 Å². The zero-order valence-corrected chi connectivity index (χ0v) is 38.8. The lowest BCUT2D eigenvalue weighted by Gasteiger charge is -2.28. The number of hydrogen-bond acceptors (Lipinski definition) is 10. The molecule has 0 unspecified atom stereocenters. The van der Waals surface area contributed by atoms with Gasteiger partial charge in [-0.05, 0) is 91.3 Å². The fourth-order valence-electron chi connectivity index (χ4n) is 7.96. The Morgan fingerprint density at radius 2 is 0.580 bits per heavy atom. The van der Waals surface area contributed by atoms with Crippen LogP contribution in [0.25, 0.3) is 19.4 Å². The molecule has 0 saturated heterocycles. The van der Waals surface area contributed by atoms with Crippen LogP contribution in [0.3, 0.4) is 0 Å². The van der Waals surface area contributed by atoms with E-state index in [-0.39, 0.29) is 0 Å². The highest BCUT2D eigenvalue weighted by atomic mass is 15.2. The predicted molar refractivity (Wildman–Crippen MR) is 275 cm³/mol. The third-order valence-electron chi connectivity index (χ3n) is 11.4. The number of anilines is 10. The maximum Gasteiger partial charge on any atom is 0.231 e. The monoisotopic (exact) mass is 910 g/mol. The smallest absolute Gasteiger partial charge is 0.231 e. The first kappa shape index (κ1) is 51.0. The second kappa shape index (κ2) is 28.1. The van der Waals surface area contributed by atoms with Crippen molar-refractivity contribution in [3.05, 3.63) is 167 Å². The molecule has 0 fully saturated rings. The second-order valence-electron chi connectivity index (χ2n) is 15.7. The number of nitriles is 4. The molecule has 5 aromatic rings. The Balaban J connectivity index is 1.59. The van der Waals surface area contributed by atoms with Crippen molar-refractivity contribution in [3.8, 4) is 24.3 Å². The molecular formula is C55H54N14+. The summed E-state index contributed by atoms with van der Waals surface area (Å²) in [4.78, 5) is 26.9. The van der Waals surface area contributed by atoms with E-state index in [0.717, 1.165) is 56.9 Å². The van der Waals surface area contributed by atoms with Gasteiger partial charge in [0.2, 0.25) is 26.2 Å². The van der Waals surface area contributed by atoms with Crippen molar-refractivity contribution >= 4 is 56.9 Å². The van der Waals surface area contributed by atoms with E-state index in [0.29, 0.717) is 111 Å². The molecule has 343 valence electrons. The van der Waals surface area contributed by atoms with Crippen LogP contribution in [0.2, 0.25) is 0 Å². The molecule has 0 spiro atoms. The minimum Gasteiger partial charge on any atom is -0.364 e. The number of benzene rings is 5. The molecular weight excluding hydrogens is 857 g/mol. The largest absolute Gasteiger partial charge is 0.364 e. The summed E-state index contributed by atoms with van der Waals surface area (Å²) in [6.07, 6.45) is 2.15. The zero-order chi connectivity index (χ0) is 49.1. The average molecular weight is 911 g/mol. The van der Waals surface area contributed by atoms with Gasteiger partial charge in [-0.15, -0.1) is 0 Å². The Morgan fingerprint density at radius 3 is 0.855 bits per heavy atom. The summed E-state index contributed by atoms with van der Waals surface area (Å²) in [5, 5.41) is 37.2. The van der Waals surface area contributed by atoms with Crippen molar-refractivity contribution in [1.82, 2.24) is 4.90 Å². The lowest BCUT2D eigenvalue weighted by Crippen LogP contribution is -2.27. The lowest BCUT2D eigenvalue weighted by molar-refractivity contribution is 0.754. The molecule has 0 atom stereocenters. The molecule has 14 heteroatoms. The van der Waals surface area contributed by atoms with Crippen molar-refractivity contribution in [2.75, 3.05) is 103 Å². The van der Waals surface area contributed by atoms with E-state index in [1.54, 1.807) is 0 Å². The normalized spacial score (nSPS) is 10.2. The minimum atomic E-state index is 0.319. The number of hydrogen-bond donors (Lipinski definition) is 0. The van der Waals surface area contributed by atoms with Crippen LogP contribution in [0.5, 0.6) is 0 Å². The maximum absolute atomic E-state index is 9.34. The molecule has 0 aliphatic carbocycles. The van der Waals surface area contributed by atoms with Crippen molar-refractivity contribution in [3.63, 3.8) is 0 Å². The van der Waals surface area contributed by atoms with Crippen LogP contribution in [0, 0.1) is 71.6 Å². The minimum absolute atomic E-state index is 0.319. The quantitative estimate of drug-likeness (QED) is 0.0287. The Morgan fingerprint density at radius 1 is 0.333 bits per heavy atom. The number of rotatable bonds is 27. The van der Waals surface area contributed by atoms with Gasteiger partial charge in [-0.3, -0.25) is 0 Å². The highest BCUT2D eigenvalue weighted by molar-refractivity contribution is 5.80. The molecule has 0 heterocycles. The van der Waals surface area contributed by atoms with E-state index in [4.69, 9.17) is 26.3 Å². The molecule has 0 bridgehead atoms. The van der Waals surface area contributed by atoms with Crippen LogP contribution in [-0.2, 0) is 0 Å². The van der Waals surface area contributed by atoms with Crippen molar-refractivity contribution in [2.24, 2.45) is 0 Å². The van der Waals surface area contributed by atoms with Gasteiger partial charge < -0.3 is 43.9 Å². The second-order valence-corrected chi connectivity index (χ2v) is 15.7. The highest BCUT2D eigenvalue weighted by Gasteiger charge is 2.28. The van der Waals surface area contributed by atoms with Crippen LogP contribution >= 0.6 is 0 Å². The molecule has 5 aromatic carbocycles. The third-order valence-corrected chi connectivity index (χ3v) is 11.4. The summed E-state index contributed by atoms with van der Waals surface area (Å²) in [7, 11) is 0. The Hall–Kier alpha value is -9.02. The van der Waals surface area contributed by atoms with Gasteiger partial charge >= 0.3 is 0 Å². The van der Waals surface area contributed by atoms with Gasteiger partial charge in [0.15, 0.2) is 17.1 Å². The van der Waals surface area contributed by atoms with E-state index in [1.807, 2.05) is 72.8 Å². The Labute approximate surface area is 407 Å². The van der Waals surface area contributed by atoms with Crippen LogP contribution < -0.4 is 29.4 Å². The fourth-order valence-corrected chi connectivity index (χ4v) is 7.96. The van der Waals surface area contributed by atoms with Crippen molar-refractivity contribution < 1.29 is 0 Å². The van der Waals surface area contributed by atoms with Gasteiger partial charge in [0.1, 0.15) is 0 Å². The molecule has 0 amide bonds. The SMILES string of the molecule is [C-]#[N+]CCN(CCC#N)c1ccc(N(c2ccc(N(CCC#N)CC[N+]#[C-])cc2)c2ccc([N+](c3ccc(N(CCC#N)CC[N+]#[C-])cc3)c3ccc(N(CCCC#N)CC[N+]#[C-])cc3)cc2)cc1. The van der Waals surface area contributed by atoms with Gasteiger partial charge in [-0.1, -0.05) is 4.90 Å². The standard InChI is InChI=1S/C55H54N14/c1-60-34-42-64(38-6-5-30-56)46-10-18-50(19-11-46)68(51-20-12-47(13-21-51)65(39-7-31-57)43-35-61-2)54-26-28-55(29-27-54)69(52-22-14-48(15-23-52)66(40-8-32-58)44-36-62-3)53-24-16-49(17-25-53)67(41-9-33-59)45-37-63-4/h10-29H,5-9,34-45H2/q+1. The molecule has 1 radical (unpaired) electrons. The first-order valence-corrected chi connectivity index (χ1v) is 22.8. The fraction of sp³-hybridized carbons (Fsp3) is 0.309. The predicted octanol–water partition coefficient (Wildman–Crippen LogP) is 11.5. The zero-order valence-electron chi connectivity index (χ0n) is 38.8. The first-order chi connectivity index (χ1) is 33.9. The summed E-state index contributed by atoms with van der Waals surface area (Å²) in [6, 6.07) is 49.8. The summed E-state index contributed by atoms with van der Waals surface area (Å²) < 4.78 is 0. The van der Waals surface area contributed by atoms with E-state index >= 15 is 0 Å². The number of unbranched alkanes of at least 4 members (excludes halogenated alkanes) is 1. The van der Waals surface area contributed by atoms with Gasteiger partial charge in [0.25, 0.3) is 0 Å². The molecule has 5 rings (SSSR count). The van der Waals surface area contributed by atoms with Crippen LogP contribution in [0.4, 0.5) is 56.9 Å². The molecule has 69 heavy (non-hydrogen) atoms. The summed E-state index contributed by atoms with van der Waals surface area (Å²) in [5.74, 6) is 0. The van der Waals surface area contributed by atoms with E-state index in [1.165, 1.54) is 0 Å². The van der Waals surface area contributed by atoms with Crippen molar-refractivity contribution in [2.45, 2.75) is 32.1 Å². The number of nitrogens with zero attached hydrogens (tertiary/aromatic N) is 14. The van der Waals surface area contributed by atoms with E-state index in [2.05, 4.69) is 122 Å². The van der Waals surface area contributed by atoms with Gasteiger partial charge in [0.05, 0.1) is 69.7 Å². The van der Waals surface area contributed by atoms with Crippen LogP contribution in [-0.4, -0.2) is 78.5 Å². The average Bonchev–Trinajstić information content (AvgIpc) is 3.39. The summed E-state index contributed by atoms with van der Waals surface area (Å²) in [5.41, 5.74) is 9.06. The Kier molecular flexibility index (Phi) is 20.8. The van der Waals surface area contributed by atoms with Gasteiger partial charge in [-0.25, -0.2) is 26.3 Å². The summed E-state index contributed by atoms with van der Waals surface area (Å²) >= 11 is 0. The molecule has 0 N–H and O–H groups in total. The Bertz CT molecular complexity index is 2580. The lowest BCUT2D eigenvalue weighted by atomic mass is 10.1. The molecule has 0 aromatic heterocycles. The van der Waals surface area contributed by atoms with Gasteiger partial charge in [0, 0.05) is 109 Å². The molecule has 0 saturated carbocycles. The maximum atomic E-state index is 9.34. The third kappa shape index (κ3) is 14.7. The molecule has 0 aliphatic heterocycles. The topological polar surface area (TPSA) is 135 Å². The van der Waals surface area contributed by atoms with Crippen LogP contribution in [0.1, 0.15) is 32.1 Å². The van der Waals surface area contributed by atoms with Crippen molar-refractivity contribution in [1.29, 1.82) is 21.0 Å².